The number of aromatic amines is 1. The minimum atomic E-state index is -0.552. The third-order valence-electron chi connectivity index (χ3n) is 4.04. The SMILES string of the molecule is CCCCC[C@H](CN(O)C=O)C(=O)NNc1nc(N(C)C)c2nc[nH]c2n1. The number of hydrogen-bond donors (Lipinski definition) is 4. The maximum Gasteiger partial charge on any atom is 0.245 e. The zero-order valence-corrected chi connectivity index (χ0v) is 15.8. The maximum absolute atomic E-state index is 12.5. The van der Waals surface area contributed by atoms with Crippen LogP contribution in [0.25, 0.3) is 11.2 Å². The van der Waals surface area contributed by atoms with Crippen molar-refractivity contribution in [3.63, 3.8) is 0 Å². The predicted molar refractivity (Wildman–Crippen MR) is 100.0 cm³/mol. The number of imidazole rings is 1. The van der Waals surface area contributed by atoms with Crippen molar-refractivity contribution >= 4 is 35.2 Å². The van der Waals surface area contributed by atoms with E-state index in [4.69, 9.17) is 0 Å². The van der Waals surface area contributed by atoms with Crippen molar-refractivity contribution in [2.75, 3.05) is 31.0 Å². The van der Waals surface area contributed by atoms with Gasteiger partial charge in [0.1, 0.15) is 0 Å². The van der Waals surface area contributed by atoms with Crippen LogP contribution in [0, 0.1) is 5.92 Å². The van der Waals surface area contributed by atoms with Crippen LogP contribution < -0.4 is 15.8 Å². The average Bonchev–Trinajstić information content (AvgIpc) is 3.12. The summed E-state index contributed by atoms with van der Waals surface area (Å²) in [5, 5.41) is 9.91. The van der Waals surface area contributed by atoms with Crippen molar-refractivity contribution in [3.8, 4) is 0 Å². The van der Waals surface area contributed by atoms with Gasteiger partial charge < -0.3 is 9.88 Å². The molecule has 2 aromatic rings. The van der Waals surface area contributed by atoms with E-state index >= 15 is 0 Å². The van der Waals surface area contributed by atoms with Gasteiger partial charge in [-0.05, 0) is 6.42 Å². The Hall–Kier alpha value is -2.95. The molecule has 0 spiro atoms. The molecule has 0 aliphatic carbocycles. The van der Waals surface area contributed by atoms with Crippen molar-refractivity contribution < 1.29 is 14.8 Å². The summed E-state index contributed by atoms with van der Waals surface area (Å²) in [5.41, 5.74) is 6.41. The molecule has 0 unspecified atom stereocenters. The number of nitrogens with one attached hydrogen (secondary N) is 3. The molecule has 0 radical (unpaired) electrons. The Morgan fingerprint density at radius 2 is 2.15 bits per heavy atom. The summed E-state index contributed by atoms with van der Waals surface area (Å²) in [6, 6.07) is 0. The highest BCUT2D eigenvalue weighted by molar-refractivity contribution is 5.84. The highest BCUT2D eigenvalue weighted by atomic mass is 16.5. The molecule has 0 saturated carbocycles. The van der Waals surface area contributed by atoms with Crippen LogP contribution in [0.4, 0.5) is 11.8 Å². The normalized spacial score (nSPS) is 11.9. The lowest BCUT2D eigenvalue weighted by Crippen LogP contribution is -2.40. The third-order valence-corrected chi connectivity index (χ3v) is 4.04. The summed E-state index contributed by atoms with van der Waals surface area (Å²) < 4.78 is 0. The standard InChI is InChI=1S/C16H26N8O3/c1-4-5-6-7-11(8-24(27)10-25)15(26)21-22-16-19-13-12(17-9-18-13)14(20-16)23(2)3/h9-11,27H,4-8H2,1-3H3,(H,21,26)(H2,17,18,19,20,22)/t11-/m1/s1. The van der Waals surface area contributed by atoms with Crippen molar-refractivity contribution in [3.05, 3.63) is 6.33 Å². The lowest BCUT2D eigenvalue weighted by Gasteiger charge is -2.20. The molecule has 2 heterocycles. The van der Waals surface area contributed by atoms with Crippen LogP contribution in [0.2, 0.25) is 0 Å². The number of anilines is 2. The fourth-order valence-electron chi connectivity index (χ4n) is 2.62. The molecule has 0 saturated heterocycles. The second-order valence-electron chi connectivity index (χ2n) is 6.40. The Balaban J connectivity index is 2.06. The number of hydrazine groups is 1. The minimum Gasteiger partial charge on any atom is -0.361 e. The number of nitrogens with zero attached hydrogens (tertiary/aromatic N) is 5. The summed E-state index contributed by atoms with van der Waals surface area (Å²) in [6.07, 6.45) is 5.15. The topological polar surface area (TPSA) is 139 Å². The molecule has 11 heteroatoms. The van der Waals surface area contributed by atoms with Crippen LogP contribution >= 0.6 is 0 Å². The number of unbranched alkanes of at least 4 members (excludes halogenated alkanes) is 2. The molecular weight excluding hydrogens is 352 g/mol. The summed E-state index contributed by atoms with van der Waals surface area (Å²) in [5.74, 6) is -0.109. The highest BCUT2D eigenvalue weighted by Crippen LogP contribution is 2.20. The van der Waals surface area contributed by atoms with Gasteiger partial charge in [0.15, 0.2) is 17.0 Å². The van der Waals surface area contributed by atoms with Gasteiger partial charge in [-0.15, -0.1) is 0 Å². The first-order valence-electron chi connectivity index (χ1n) is 8.81. The van der Waals surface area contributed by atoms with Crippen molar-refractivity contribution in [2.24, 2.45) is 5.92 Å². The van der Waals surface area contributed by atoms with Gasteiger partial charge in [-0.3, -0.25) is 25.6 Å². The van der Waals surface area contributed by atoms with Crippen molar-refractivity contribution in [1.82, 2.24) is 30.4 Å². The lowest BCUT2D eigenvalue weighted by atomic mass is 10.0. The van der Waals surface area contributed by atoms with Crippen molar-refractivity contribution in [1.29, 1.82) is 0 Å². The molecule has 4 N–H and O–H groups in total. The van der Waals surface area contributed by atoms with Gasteiger partial charge in [0.2, 0.25) is 18.3 Å². The Kier molecular flexibility index (Phi) is 7.29. The Labute approximate surface area is 157 Å². The first-order chi connectivity index (χ1) is 13.0. The summed E-state index contributed by atoms with van der Waals surface area (Å²) in [7, 11) is 3.66. The van der Waals surface area contributed by atoms with Crippen molar-refractivity contribution in [2.45, 2.75) is 32.6 Å². The van der Waals surface area contributed by atoms with E-state index in [-0.39, 0.29) is 24.8 Å². The number of carbonyl (C=O) groups is 2. The fourth-order valence-corrected chi connectivity index (χ4v) is 2.62. The molecule has 11 nitrogen and oxygen atoms in total. The molecule has 148 valence electrons. The quantitative estimate of drug-likeness (QED) is 0.196. The van der Waals surface area contributed by atoms with E-state index in [1.807, 2.05) is 14.1 Å². The Morgan fingerprint density at radius 1 is 1.37 bits per heavy atom. The zero-order valence-electron chi connectivity index (χ0n) is 15.8. The van der Waals surface area contributed by atoms with E-state index in [9.17, 15) is 14.8 Å². The van der Waals surface area contributed by atoms with Crippen LogP contribution in [0.1, 0.15) is 32.6 Å². The van der Waals surface area contributed by atoms with Gasteiger partial charge in [-0.2, -0.15) is 9.97 Å². The number of rotatable bonds is 11. The van der Waals surface area contributed by atoms with E-state index in [1.54, 1.807) is 4.90 Å². The monoisotopic (exact) mass is 378 g/mol. The number of H-pyrrole nitrogens is 1. The van der Waals surface area contributed by atoms with E-state index < -0.39 is 5.92 Å². The second-order valence-corrected chi connectivity index (χ2v) is 6.40. The smallest absolute Gasteiger partial charge is 0.245 e. The van der Waals surface area contributed by atoms with Gasteiger partial charge >= 0.3 is 0 Å². The summed E-state index contributed by atoms with van der Waals surface area (Å²) in [4.78, 5) is 40.6. The van der Waals surface area contributed by atoms with E-state index in [2.05, 4.69) is 37.7 Å². The number of fused-ring (bicyclic) bond motifs is 1. The molecule has 27 heavy (non-hydrogen) atoms. The molecular formula is C16H26N8O3. The molecule has 0 aliphatic heterocycles. The van der Waals surface area contributed by atoms with Gasteiger partial charge in [0.05, 0.1) is 18.8 Å². The lowest BCUT2D eigenvalue weighted by molar-refractivity contribution is -0.154. The summed E-state index contributed by atoms with van der Waals surface area (Å²) >= 11 is 0. The maximum atomic E-state index is 12.5. The van der Waals surface area contributed by atoms with E-state index in [0.717, 1.165) is 19.3 Å². The number of amides is 2. The average molecular weight is 378 g/mol. The Bertz CT molecular complexity index is 763. The van der Waals surface area contributed by atoms with E-state index in [1.165, 1.54) is 6.33 Å². The summed E-state index contributed by atoms with van der Waals surface area (Å²) in [6.45, 7) is 1.98. The van der Waals surface area contributed by atoms with Crippen LogP contribution in [0.15, 0.2) is 6.33 Å². The molecule has 2 aromatic heterocycles. The van der Waals surface area contributed by atoms with Gasteiger partial charge in [-0.25, -0.2) is 10.0 Å². The van der Waals surface area contributed by atoms with Crippen LogP contribution in [0.5, 0.6) is 0 Å². The molecule has 1 atom stereocenters. The van der Waals surface area contributed by atoms with Crippen LogP contribution in [-0.4, -0.2) is 63.2 Å². The molecule has 0 aromatic carbocycles. The van der Waals surface area contributed by atoms with Crippen LogP contribution in [-0.2, 0) is 9.59 Å². The first-order valence-corrected chi connectivity index (χ1v) is 8.81. The van der Waals surface area contributed by atoms with Gasteiger partial charge in [0.25, 0.3) is 0 Å². The molecule has 2 amide bonds. The van der Waals surface area contributed by atoms with Gasteiger partial charge in [-0.1, -0.05) is 26.2 Å². The number of hydrogen-bond acceptors (Lipinski definition) is 8. The molecule has 0 bridgehead atoms. The third kappa shape index (κ3) is 5.51. The first kappa shape index (κ1) is 20.4. The second kappa shape index (κ2) is 9.67. The molecule has 0 aliphatic rings. The largest absolute Gasteiger partial charge is 0.361 e. The van der Waals surface area contributed by atoms with E-state index in [0.29, 0.717) is 28.5 Å². The minimum absolute atomic E-state index is 0.0793. The number of carbonyl (C=O) groups excluding carboxylic acids is 2. The van der Waals surface area contributed by atoms with Gasteiger partial charge in [0, 0.05) is 14.1 Å². The predicted octanol–water partition coefficient (Wildman–Crippen LogP) is 0.906. The molecule has 2 rings (SSSR count). The highest BCUT2D eigenvalue weighted by Gasteiger charge is 2.21. The zero-order chi connectivity index (χ0) is 19.8. The Morgan fingerprint density at radius 3 is 2.81 bits per heavy atom. The number of aromatic nitrogens is 4. The van der Waals surface area contributed by atoms with Crippen LogP contribution in [0.3, 0.4) is 0 Å². The fraction of sp³-hybridized carbons (Fsp3) is 0.562. The number of hydroxylamine groups is 2. The molecule has 0 fully saturated rings.